The lowest BCUT2D eigenvalue weighted by Crippen LogP contribution is -2.46. The average Bonchev–Trinajstić information content (AvgIpc) is 2.68. The highest BCUT2D eigenvalue weighted by Gasteiger charge is 2.27. The van der Waals surface area contributed by atoms with Crippen LogP contribution in [0.25, 0.3) is 0 Å². The molecule has 0 unspecified atom stereocenters. The van der Waals surface area contributed by atoms with Crippen molar-refractivity contribution in [3.05, 3.63) is 29.3 Å². The topological polar surface area (TPSA) is 63.2 Å². The largest absolute Gasteiger partial charge is 0.496 e. The summed E-state index contributed by atoms with van der Waals surface area (Å²) in [4.78, 5) is 19.0. The van der Waals surface area contributed by atoms with Crippen LogP contribution in [-0.2, 0) is 16.0 Å². The van der Waals surface area contributed by atoms with E-state index in [9.17, 15) is 4.79 Å². The number of esters is 1. The number of aryl methyl sites for hydroxylation is 1. The van der Waals surface area contributed by atoms with Crippen molar-refractivity contribution in [3.8, 4) is 5.75 Å². The molecule has 1 aliphatic heterocycles. The number of benzene rings is 1. The second kappa shape index (κ2) is 12.9. The van der Waals surface area contributed by atoms with E-state index in [1.54, 1.807) is 7.11 Å². The Balaban J connectivity index is 0.00000392. The predicted molar refractivity (Wildman–Crippen MR) is 124 cm³/mol. The van der Waals surface area contributed by atoms with Crippen molar-refractivity contribution in [2.24, 2.45) is 10.9 Å². The van der Waals surface area contributed by atoms with Gasteiger partial charge in [0.05, 0.1) is 19.6 Å². The Morgan fingerprint density at radius 3 is 2.61 bits per heavy atom. The van der Waals surface area contributed by atoms with E-state index in [-0.39, 0.29) is 35.9 Å². The van der Waals surface area contributed by atoms with Crippen LogP contribution in [0.4, 0.5) is 0 Å². The first-order chi connectivity index (χ1) is 13.1. The van der Waals surface area contributed by atoms with Crippen molar-refractivity contribution >= 4 is 35.9 Å². The fourth-order valence-electron chi connectivity index (χ4n) is 3.40. The number of aliphatic imine (C=N–C) groups is 1. The molecule has 28 heavy (non-hydrogen) atoms. The first-order valence-corrected chi connectivity index (χ1v) is 9.92. The maximum Gasteiger partial charge on any atom is 0.309 e. The number of hydrogen-bond acceptors (Lipinski definition) is 4. The fourth-order valence-corrected chi connectivity index (χ4v) is 3.40. The van der Waals surface area contributed by atoms with Crippen LogP contribution in [0.15, 0.2) is 23.2 Å². The molecule has 2 rings (SSSR count). The summed E-state index contributed by atoms with van der Waals surface area (Å²) < 4.78 is 10.6. The number of piperidine rings is 1. The SMILES string of the molecule is CCNC(=NCCc1cc(C)ccc1OC)N1CCC(C(=O)OCC)CC1.I. The summed E-state index contributed by atoms with van der Waals surface area (Å²) in [5.41, 5.74) is 2.40. The Bertz CT molecular complexity index is 644. The summed E-state index contributed by atoms with van der Waals surface area (Å²) >= 11 is 0. The van der Waals surface area contributed by atoms with Gasteiger partial charge < -0.3 is 19.7 Å². The number of halogens is 1. The first-order valence-electron chi connectivity index (χ1n) is 9.92. The van der Waals surface area contributed by atoms with Crippen LogP contribution < -0.4 is 10.1 Å². The average molecular weight is 503 g/mol. The molecule has 7 heteroatoms. The molecule has 1 aromatic carbocycles. The summed E-state index contributed by atoms with van der Waals surface area (Å²) in [5, 5.41) is 3.38. The quantitative estimate of drug-likeness (QED) is 0.268. The lowest BCUT2D eigenvalue weighted by Gasteiger charge is -2.33. The number of carbonyl (C=O) groups is 1. The Morgan fingerprint density at radius 2 is 2.00 bits per heavy atom. The molecule has 6 nitrogen and oxygen atoms in total. The number of hydrogen-bond donors (Lipinski definition) is 1. The van der Waals surface area contributed by atoms with E-state index in [4.69, 9.17) is 14.5 Å². The molecule has 1 saturated heterocycles. The molecule has 0 aliphatic carbocycles. The van der Waals surface area contributed by atoms with Crippen LogP contribution in [0.1, 0.15) is 37.8 Å². The van der Waals surface area contributed by atoms with E-state index in [1.807, 2.05) is 13.0 Å². The molecular weight excluding hydrogens is 469 g/mol. The molecule has 0 aromatic heterocycles. The Kier molecular flexibility index (Phi) is 11.3. The smallest absolute Gasteiger partial charge is 0.309 e. The zero-order chi connectivity index (χ0) is 19.6. The van der Waals surface area contributed by atoms with Gasteiger partial charge in [0, 0.05) is 26.2 Å². The van der Waals surface area contributed by atoms with Crippen molar-refractivity contribution in [2.45, 2.75) is 40.0 Å². The summed E-state index contributed by atoms with van der Waals surface area (Å²) in [6.45, 7) is 9.63. The van der Waals surface area contributed by atoms with Crippen LogP contribution in [0, 0.1) is 12.8 Å². The van der Waals surface area contributed by atoms with Crippen molar-refractivity contribution in [1.29, 1.82) is 0 Å². The number of rotatable bonds is 7. The number of likely N-dealkylation sites (tertiary alicyclic amines) is 1. The Hall–Kier alpha value is -1.51. The van der Waals surface area contributed by atoms with Gasteiger partial charge in [-0.1, -0.05) is 17.7 Å². The Morgan fingerprint density at radius 1 is 1.29 bits per heavy atom. The second-order valence-corrected chi connectivity index (χ2v) is 6.81. The molecule has 0 bridgehead atoms. The maximum atomic E-state index is 11.9. The maximum absolute atomic E-state index is 11.9. The van der Waals surface area contributed by atoms with E-state index in [0.717, 1.165) is 50.6 Å². The minimum absolute atomic E-state index is 0. The first kappa shape index (κ1) is 24.5. The molecule has 0 amide bonds. The highest BCUT2D eigenvalue weighted by molar-refractivity contribution is 14.0. The number of nitrogens with one attached hydrogen (secondary N) is 1. The normalized spacial score (nSPS) is 15.0. The van der Waals surface area contributed by atoms with E-state index < -0.39 is 0 Å². The summed E-state index contributed by atoms with van der Waals surface area (Å²) in [7, 11) is 1.70. The van der Waals surface area contributed by atoms with Gasteiger partial charge in [0.15, 0.2) is 5.96 Å². The molecule has 0 saturated carbocycles. The van der Waals surface area contributed by atoms with E-state index in [2.05, 4.69) is 36.2 Å². The van der Waals surface area contributed by atoms with Gasteiger partial charge in [-0.3, -0.25) is 9.79 Å². The molecule has 0 radical (unpaired) electrons. The summed E-state index contributed by atoms with van der Waals surface area (Å²) in [5.74, 6) is 1.79. The summed E-state index contributed by atoms with van der Waals surface area (Å²) in [6.07, 6.45) is 2.46. The minimum Gasteiger partial charge on any atom is -0.496 e. The molecule has 0 atom stereocenters. The van der Waals surface area contributed by atoms with Crippen molar-refractivity contribution in [1.82, 2.24) is 10.2 Å². The third-order valence-electron chi connectivity index (χ3n) is 4.83. The number of carbonyl (C=O) groups excluding carboxylic acids is 1. The van der Waals surface area contributed by atoms with Crippen molar-refractivity contribution in [2.75, 3.05) is 39.9 Å². The van der Waals surface area contributed by atoms with Gasteiger partial charge in [-0.05, 0) is 51.7 Å². The molecule has 1 heterocycles. The van der Waals surface area contributed by atoms with Crippen LogP contribution in [-0.4, -0.2) is 56.7 Å². The number of ether oxygens (including phenoxy) is 2. The van der Waals surface area contributed by atoms with Gasteiger partial charge in [0.1, 0.15) is 5.75 Å². The van der Waals surface area contributed by atoms with Crippen LogP contribution in [0.5, 0.6) is 5.75 Å². The molecule has 1 fully saturated rings. The van der Waals surface area contributed by atoms with E-state index in [1.165, 1.54) is 11.1 Å². The third kappa shape index (κ3) is 7.14. The minimum atomic E-state index is -0.0642. The van der Waals surface area contributed by atoms with Crippen LogP contribution in [0.2, 0.25) is 0 Å². The lowest BCUT2D eigenvalue weighted by atomic mass is 9.97. The molecule has 0 spiro atoms. The number of methoxy groups -OCH3 is 1. The standard InChI is InChI=1S/C21H33N3O3.HI/c1-5-22-21(24-13-10-17(11-14-24)20(25)27-6-2)23-12-9-18-15-16(3)7-8-19(18)26-4;/h7-8,15,17H,5-6,9-14H2,1-4H3,(H,22,23);1H. The molecule has 1 aliphatic rings. The van der Waals surface area contributed by atoms with Crippen molar-refractivity contribution < 1.29 is 14.3 Å². The predicted octanol–water partition coefficient (Wildman–Crippen LogP) is 3.40. The summed E-state index contributed by atoms with van der Waals surface area (Å²) in [6, 6.07) is 6.23. The van der Waals surface area contributed by atoms with Crippen LogP contribution >= 0.6 is 24.0 Å². The highest BCUT2D eigenvalue weighted by Crippen LogP contribution is 2.21. The zero-order valence-electron chi connectivity index (χ0n) is 17.5. The van der Waals surface area contributed by atoms with Crippen molar-refractivity contribution in [3.63, 3.8) is 0 Å². The molecular formula is C21H34IN3O3. The van der Waals surface area contributed by atoms with Gasteiger partial charge in [0.25, 0.3) is 0 Å². The van der Waals surface area contributed by atoms with Gasteiger partial charge in [-0.2, -0.15) is 0 Å². The van der Waals surface area contributed by atoms with Gasteiger partial charge in [-0.15, -0.1) is 24.0 Å². The second-order valence-electron chi connectivity index (χ2n) is 6.81. The zero-order valence-corrected chi connectivity index (χ0v) is 19.8. The van der Waals surface area contributed by atoms with Gasteiger partial charge >= 0.3 is 5.97 Å². The van der Waals surface area contributed by atoms with E-state index in [0.29, 0.717) is 13.2 Å². The number of guanidine groups is 1. The monoisotopic (exact) mass is 503 g/mol. The third-order valence-corrected chi connectivity index (χ3v) is 4.83. The molecule has 1 aromatic rings. The Labute approximate surface area is 186 Å². The fraction of sp³-hybridized carbons (Fsp3) is 0.619. The van der Waals surface area contributed by atoms with Crippen LogP contribution in [0.3, 0.4) is 0 Å². The van der Waals surface area contributed by atoms with Gasteiger partial charge in [0.2, 0.25) is 0 Å². The molecule has 158 valence electrons. The lowest BCUT2D eigenvalue weighted by molar-refractivity contribution is -0.149. The van der Waals surface area contributed by atoms with Gasteiger partial charge in [-0.25, -0.2) is 0 Å². The number of nitrogens with zero attached hydrogens (tertiary/aromatic N) is 2. The highest BCUT2D eigenvalue weighted by atomic mass is 127. The molecule has 1 N–H and O–H groups in total. The van der Waals surface area contributed by atoms with E-state index >= 15 is 0 Å².